The van der Waals surface area contributed by atoms with Crippen LogP contribution < -0.4 is 5.32 Å². The van der Waals surface area contributed by atoms with Crippen LogP contribution in [-0.4, -0.2) is 29.3 Å². The molecular formula is C15H16ClN3O2. The van der Waals surface area contributed by atoms with Gasteiger partial charge >= 0.3 is 0 Å². The highest BCUT2D eigenvalue weighted by atomic mass is 35.5. The molecule has 1 aromatic heterocycles. The van der Waals surface area contributed by atoms with E-state index in [1.165, 1.54) is 5.54 Å². The number of methoxy groups -OCH3 is 1. The number of carbonyl (C=O) groups is 1. The summed E-state index contributed by atoms with van der Waals surface area (Å²) in [5.41, 5.74) is 3.44. The van der Waals surface area contributed by atoms with E-state index in [9.17, 15) is 4.79 Å². The van der Waals surface area contributed by atoms with Crippen molar-refractivity contribution in [3.63, 3.8) is 0 Å². The van der Waals surface area contributed by atoms with Crippen molar-refractivity contribution in [1.29, 1.82) is 0 Å². The quantitative estimate of drug-likeness (QED) is 0.892. The first-order valence-corrected chi connectivity index (χ1v) is 6.86. The Morgan fingerprint density at radius 2 is 2.19 bits per heavy atom. The molecule has 2 rings (SSSR count). The van der Waals surface area contributed by atoms with E-state index in [4.69, 9.17) is 16.3 Å². The van der Waals surface area contributed by atoms with E-state index in [2.05, 4.69) is 10.4 Å². The second-order valence-electron chi connectivity index (χ2n) is 4.26. The molecule has 6 heteroatoms. The standard InChI is InChI=1S/C15H16ClN3O2/c1-21-11-14-13(15(20)17-9-5-8-16)10-18-19(14)12-6-3-2-4-7-12/h2-8,10H,9,11H2,1H3,(H,17,20)/b8-5+. The predicted molar refractivity (Wildman–Crippen MR) is 81.6 cm³/mol. The van der Waals surface area contributed by atoms with E-state index in [-0.39, 0.29) is 5.91 Å². The second-order valence-corrected chi connectivity index (χ2v) is 4.51. The molecule has 2 aromatic rings. The molecule has 0 spiro atoms. The largest absolute Gasteiger partial charge is 0.378 e. The summed E-state index contributed by atoms with van der Waals surface area (Å²) in [7, 11) is 1.58. The van der Waals surface area contributed by atoms with Gasteiger partial charge in [-0.2, -0.15) is 5.10 Å². The normalized spacial score (nSPS) is 11.0. The highest BCUT2D eigenvalue weighted by molar-refractivity contribution is 6.25. The van der Waals surface area contributed by atoms with Gasteiger partial charge in [0.15, 0.2) is 0 Å². The van der Waals surface area contributed by atoms with Crippen molar-refractivity contribution in [1.82, 2.24) is 15.1 Å². The fourth-order valence-electron chi connectivity index (χ4n) is 1.92. The lowest BCUT2D eigenvalue weighted by Gasteiger charge is -2.09. The fourth-order valence-corrected chi connectivity index (χ4v) is 2.01. The topological polar surface area (TPSA) is 56.1 Å². The van der Waals surface area contributed by atoms with Crippen molar-refractivity contribution in [2.45, 2.75) is 6.61 Å². The van der Waals surface area contributed by atoms with Gasteiger partial charge in [0.05, 0.1) is 29.7 Å². The number of ether oxygens (including phenoxy) is 1. The van der Waals surface area contributed by atoms with E-state index in [0.717, 1.165) is 5.69 Å². The van der Waals surface area contributed by atoms with Gasteiger partial charge in [-0.3, -0.25) is 4.79 Å². The first-order chi connectivity index (χ1) is 10.3. The number of nitrogens with one attached hydrogen (secondary N) is 1. The first-order valence-electron chi connectivity index (χ1n) is 6.42. The Morgan fingerprint density at radius 1 is 1.43 bits per heavy atom. The molecule has 0 aliphatic heterocycles. The smallest absolute Gasteiger partial charge is 0.255 e. The van der Waals surface area contributed by atoms with Gasteiger partial charge in [-0.1, -0.05) is 35.9 Å². The van der Waals surface area contributed by atoms with Crippen LogP contribution in [0.2, 0.25) is 0 Å². The monoisotopic (exact) mass is 305 g/mol. The van der Waals surface area contributed by atoms with Crippen LogP contribution in [0.25, 0.3) is 5.69 Å². The minimum absolute atomic E-state index is 0.209. The number of halogens is 1. The molecule has 5 nitrogen and oxygen atoms in total. The van der Waals surface area contributed by atoms with Gasteiger partial charge in [0.1, 0.15) is 0 Å². The maximum absolute atomic E-state index is 12.2. The Balaban J connectivity index is 2.30. The van der Waals surface area contributed by atoms with Gasteiger partial charge in [0.25, 0.3) is 5.91 Å². The zero-order valence-electron chi connectivity index (χ0n) is 11.6. The minimum Gasteiger partial charge on any atom is -0.378 e. The summed E-state index contributed by atoms with van der Waals surface area (Å²) in [4.78, 5) is 12.2. The zero-order valence-corrected chi connectivity index (χ0v) is 12.4. The number of rotatable bonds is 6. The summed E-state index contributed by atoms with van der Waals surface area (Å²) < 4.78 is 6.89. The molecule has 0 radical (unpaired) electrons. The number of hydrogen-bond acceptors (Lipinski definition) is 3. The lowest BCUT2D eigenvalue weighted by atomic mass is 10.2. The molecule has 0 fully saturated rings. The number of para-hydroxylation sites is 1. The molecule has 0 atom stereocenters. The molecule has 21 heavy (non-hydrogen) atoms. The van der Waals surface area contributed by atoms with Crippen molar-refractivity contribution in [3.8, 4) is 5.69 Å². The molecule has 1 heterocycles. The van der Waals surface area contributed by atoms with Crippen LogP contribution in [0.1, 0.15) is 16.1 Å². The van der Waals surface area contributed by atoms with Crippen LogP contribution in [0.15, 0.2) is 48.1 Å². The van der Waals surface area contributed by atoms with Crippen LogP contribution in [0.3, 0.4) is 0 Å². The molecule has 1 aromatic carbocycles. The van der Waals surface area contributed by atoms with Crippen molar-refractivity contribution >= 4 is 17.5 Å². The molecule has 0 unspecified atom stereocenters. The van der Waals surface area contributed by atoms with Crippen molar-refractivity contribution in [2.75, 3.05) is 13.7 Å². The lowest BCUT2D eigenvalue weighted by molar-refractivity contribution is 0.0952. The SMILES string of the molecule is COCc1c(C(=O)NC/C=C/Cl)cnn1-c1ccccc1. The maximum Gasteiger partial charge on any atom is 0.255 e. The third kappa shape index (κ3) is 3.71. The van der Waals surface area contributed by atoms with Crippen LogP contribution in [0.5, 0.6) is 0 Å². The molecule has 0 aliphatic rings. The third-order valence-electron chi connectivity index (χ3n) is 2.86. The Kier molecular flexibility index (Phi) is 5.54. The zero-order chi connectivity index (χ0) is 15.1. The lowest BCUT2D eigenvalue weighted by Crippen LogP contribution is -2.24. The van der Waals surface area contributed by atoms with Gasteiger partial charge in [0, 0.05) is 19.2 Å². The van der Waals surface area contributed by atoms with E-state index in [0.29, 0.717) is 24.4 Å². The van der Waals surface area contributed by atoms with E-state index in [1.807, 2.05) is 30.3 Å². The molecule has 1 amide bonds. The third-order valence-corrected chi connectivity index (χ3v) is 3.04. The van der Waals surface area contributed by atoms with Gasteiger partial charge in [-0.05, 0) is 12.1 Å². The second kappa shape index (κ2) is 7.61. The van der Waals surface area contributed by atoms with E-state index in [1.54, 1.807) is 24.1 Å². The molecular weight excluding hydrogens is 290 g/mol. The van der Waals surface area contributed by atoms with Crippen LogP contribution >= 0.6 is 11.6 Å². The summed E-state index contributed by atoms with van der Waals surface area (Å²) in [6.45, 7) is 0.661. The number of aromatic nitrogens is 2. The summed E-state index contributed by atoms with van der Waals surface area (Å²) in [5, 5.41) is 7.03. The number of carbonyl (C=O) groups excluding carboxylic acids is 1. The average Bonchev–Trinajstić information content (AvgIpc) is 2.92. The number of nitrogens with zero attached hydrogens (tertiary/aromatic N) is 2. The minimum atomic E-state index is -0.209. The predicted octanol–water partition coefficient (Wildman–Crippen LogP) is 2.50. The highest BCUT2D eigenvalue weighted by Crippen LogP contribution is 2.15. The average molecular weight is 306 g/mol. The van der Waals surface area contributed by atoms with Crippen molar-refractivity contribution < 1.29 is 9.53 Å². The molecule has 0 saturated carbocycles. The van der Waals surface area contributed by atoms with Crippen molar-refractivity contribution in [3.05, 3.63) is 59.4 Å². The first kappa shape index (κ1) is 15.3. The Morgan fingerprint density at radius 3 is 2.86 bits per heavy atom. The van der Waals surface area contributed by atoms with E-state index < -0.39 is 0 Å². The number of amides is 1. The van der Waals surface area contributed by atoms with Gasteiger partial charge in [0.2, 0.25) is 0 Å². The Labute approximate surface area is 128 Å². The number of benzene rings is 1. The Hall–Kier alpha value is -2.11. The summed E-state index contributed by atoms with van der Waals surface area (Å²) >= 11 is 5.43. The number of hydrogen-bond donors (Lipinski definition) is 1. The van der Waals surface area contributed by atoms with Gasteiger partial charge in [-0.25, -0.2) is 4.68 Å². The molecule has 1 N–H and O–H groups in total. The van der Waals surface area contributed by atoms with Crippen LogP contribution in [0.4, 0.5) is 0 Å². The van der Waals surface area contributed by atoms with Crippen LogP contribution in [-0.2, 0) is 11.3 Å². The molecule has 110 valence electrons. The van der Waals surface area contributed by atoms with Gasteiger partial charge in [-0.15, -0.1) is 0 Å². The maximum atomic E-state index is 12.2. The summed E-state index contributed by atoms with van der Waals surface area (Å²) in [5.74, 6) is -0.209. The molecule has 0 aliphatic carbocycles. The summed E-state index contributed by atoms with van der Waals surface area (Å²) in [6, 6.07) is 9.60. The molecule has 0 saturated heterocycles. The Bertz CT molecular complexity index is 623. The van der Waals surface area contributed by atoms with Gasteiger partial charge < -0.3 is 10.1 Å². The summed E-state index contributed by atoms with van der Waals surface area (Å²) in [6.07, 6.45) is 3.19. The fraction of sp³-hybridized carbons (Fsp3) is 0.200. The van der Waals surface area contributed by atoms with E-state index >= 15 is 0 Å². The molecule has 0 bridgehead atoms. The highest BCUT2D eigenvalue weighted by Gasteiger charge is 2.17. The van der Waals surface area contributed by atoms with Crippen LogP contribution in [0, 0.1) is 0 Å². The van der Waals surface area contributed by atoms with Crippen molar-refractivity contribution in [2.24, 2.45) is 0 Å².